The fraction of sp³-hybridized carbons (Fsp3) is 0.0857. The molecule has 7 rings (SSSR count). The predicted molar refractivity (Wildman–Crippen MR) is 162 cm³/mol. The van der Waals surface area contributed by atoms with Crippen LogP contribution >= 0.6 is 0 Å². The van der Waals surface area contributed by atoms with Gasteiger partial charge in [0.25, 0.3) is 0 Å². The van der Waals surface area contributed by atoms with E-state index in [-0.39, 0.29) is 0 Å². The minimum absolute atomic E-state index is 0.662. The van der Waals surface area contributed by atoms with Gasteiger partial charge in [0.05, 0.1) is 11.0 Å². The van der Waals surface area contributed by atoms with Gasteiger partial charge in [-0.25, -0.2) is 19.9 Å². The Morgan fingerprint density at radius 2 is 1.12 bits per heavy atom. The van der Waals surface area contributed by atoms with Crippen LogP contribution in [-0.2, 0) is 0 Å². The molecule has 0 aliphatic rings. The summed E-state index contributed by atoms with van der Waals surface area (Å²) >= 11 is 0. The van der Waals surface area contributed by atoms with Crippen molar-refractivity contribution in [1.29, 1.82) is 0 Å². The van der Waals surface area contributed by atoms with Gasteiger partial charge >= 0.3 is 0 Å². The van der Waals surface area contributed by atoms with E-state index < -0.39 is 0 Å². The standard InChI is InChI=1S/C35H27N5/c1-22-11-15-25(16-12-22)33-37-34(26-17-13-23(2)14-18-26)39-35(38-33)28-21-29-27-8-4-5-9-30(27)40(31(29)20-24(28)3)32-10-6-7-19-36-32/h4-21H,1-3H3. The van der Waals surface area contributed by atoms with Crippen molar-refractivity contribution < 1.29 is 0 Å². The number of pyridine rings is 1. The van der Waals surface area contributed by atoms with E-state index in [1.54, 1.807) is 0 Å². The largest absolute Gasteiger partial charge is 0.294 e. The Hall–Kier alpha value is -5.16. The molecule has 0 aliphatic carbocycles. The van der Waals surface area contributed by atoms with Crippen LogP contribution in [0.3, 0.4) is 0 Å². The molecular weight excluding hydrogens is 490 g/mol. The number of aryl methyl sites for hydroxylation is 3. The average molecular weight is 518 g/mol. The van der Waals surface area contributed by atoms with Gasteiger partial charge < -0.3 is 0 Å². The van der Waals surface area contributed by atoms with Crippen molar-refractivity contribution in [3.63, 3.8) is 0 Å². The van der Waals surface area contributed by atoms with Crippen molar-refractivity contribution >= 4 is 21.8 Å². The van der Waals surface area contributed by atoms with Crippen LogP contribution in [0.15, 0.2) is 109 Å². The molecule has 0 atom stereocenters. The Kier molecular flexibility index (Phi) is 5.71. The van der Waals surface area contributed by atoms with Crippen molar-refractivity contribution in [3.8, 4) is 40.0 Å². The number of benzene rings is 4. The molecule has 3 heterocycles. The van der Waals surface area contributed by atoms with Crippen LogP contribution in [0.5, 0.6) is 0 Å². The Bertz CT molecular complexity index is 1940. The monoisotopic (exact) mass is 517 g/mol. The van der Waals surface area contributed by atoms with Gasteiger partial charge in [0.15, 0.2) is 17.5 Å². The Morgan fingerprint density at radius 3 is 1.75 bits per heavy atom. The van der Waals surface area contributed by atoms with E-state index in [1.807, 2.05) is 24.4 Å². The maximum Gasteiger partial charge on any atom is 0.164 e. The molecule has 7 aromatic rings. The molecule has 0 fully saturated rings. The molecule has 0 N–H and O–H groups in total. The minimum Gasteiger partial charge on any atom is -0.294 e. The lowest BCUT2D eigenvalue weighted by molar-refractivity contribution is 1.07. The highest BCUT2D eigenvalue weighted by molar-refractivity contribution is 6.10. The number of hydrogen-bond donors (Lipinski definition) is 0. The number of nitrogens with zero attached hydrogens (tertiary/aromatic N) is 5. The van der Waals surface area contributed by atoms with E-state index in [0.717, 1.165) is 49.9 Å². The van der Waals surface area contributed by atoms with Gasteiger partial charge in [0, 0.05) is 33.7 Å². The molecule has 5 heteroatoms. The molecule has 0 saturated carbocycles. The molecule has 5 nitrogen and oxygen atoms in total. The average Bonchev–Trinajstić information content (AvgIpc) is 3.30. The summed E-state index contributed by atoms with van der Waals surface area (Å²) in [5.41, 5.74) is 8.62. The van der Waals surface area contributed by atoms with Crippen LogP contribution in [0.4, 0.5) is 0 Å². The molecule has 0 radical (unpaired) electrons. The van der Waals surface area contributed by atoms with Gasteiger partial charge in [0.1, 0.15) is 5.82 Å². The van der Waals surface area contributed by atoms with E-state index in [9.17, 15) is 0 Å². The first-order valence-electron chi connectivity index (χ1n) is 13.4. The Labute approximate surface area is 232 Å². The van der Waals surface area contributed by atoms with E-state index in [1.165, 1.54) is 11.1 Å². The summed E-state index contributed by atoms with van der Waals surface area (Å²) in [4.78, 5) is 19.6. The van der Waals surface area contributed by atoms with E-state index in [0.29, 0.717) is 17.5 Å². The smallest absolute Gasteiger partial charge is 0.164 e. The van der Waals surface area contributed by atoms with Crippen LogP contribution < -0.4 is 0 Å². The first kappa shape index (κ1) is 23.9. The molecule has 3 aromatic heterocycles. The molecule has 4 aromatic carbocycles. The van der Waals surface area contributed by atoms with Gasteiger partial charge in [-0.15, -0.1) is 0 Å². The molecule has 192 valence electrons. The summed E-state index contributed by atoms with van der Waals surface area (Å²) in [6.07, 6.45) is 1.83. The minimum atomic E-state index is 0.662. The Morgan fingerprint density at radius 1 is 0.525 bits per heavy atom. The van der Waals surface area contributed by atoms with Crippen molar-refractivity contribution in [2.45, 2.75) is 20.8 Å². The third-order valence-corrected chi connectivity index (χ3v) is 7.39. The molecule has 0 saturated heterocycles. The number of fused-ring (bicyclic) bond motifs is 3. The highest BCUT2D eigenvalue weighted by Gasteiger charge is 2.18. The summed E-state index contributed by atoms with van der Waals surface area (Å²) < 4.78 is 2.23. The second-order valence-corrected chi connectivity index (χ2v) is 10.3. The Balaban J connectivity index is 1.48. The summed E-state index contributed by atoms with van der Waals surface area (Å²) in [5, 5.41) is 2.30. The molecular formula is C35H27N5. The van der Waals surface area contributed by atoms with E-state index >= 15 is 0 Å². The molecule has 0 bridgehead atoms. The normalized spacial score (nSPS) is 11.4. The summed E-state index contributed by atoms with van der Waals surface area (Å²) in [6, 6.07) is 35.6. The fourth-order valence-electron chi connectivity index (χ4n) is 5.25. The third-order valence-electron chi connectivity index (χ3n) is 7.39. The number of para-hydroxylation sites is 1. The molecule has 0 amide bonds. The molecule has 0 unspecified atom stereocenters. The van der Waals surface area contributed by atoms with Crippen molar-refractivity contribution in [1.82, 2.24) is 24.5 Å². The lowest BCUT2D eigenvalue weighted by atomic mass is 10.0. The third kappa shape index (κ3) is 4.12. The summed E-state index contributed by atoms with van der Waals surface area (Å²) in [5.74, 6) is 2.88. The van der Waals surface area contributed by atoms with E-state index in [2.05, 4.69) is 115 Å². The van der Waals surface area contributed by atoms with Gasteiger partial charge in [-0.1, -0.05) is 83.9 Å². The first-order valence-corrected chi connectivity index (χ1v) is 13.4. The van der Waals surface area contributed by atoms with Crippen LogP contribution in [-0.4, -0.2) is 24.5 Å². The fourth-order valence-corrected chi connectivity index (χ4v) is 5.25. The highest BCUT2D eigenvalue weighted by Crippen LogP contribution is 2.36. The number of rotatable bonds is 4. The van der Waals surface area contributed by atoms with Crippen molar-refractivity contribution in [2.75, 3.05) is 0 Å². The van der Waals surface area contributed by atoms with Crippen LogP contribution in [0, 0.1) is 20.8 Å². The number of aromatic nitrogens is 5. The SMILES string of the molecule is Cc1ccc(-c2nc(-c3ccc(C)cc3)nc(-c3cc4c5ccccc5n(-c5ccccn5)c4cc3C)n2)cc1. The van der Waals surface area contributed by atoms with Crippen LogP contribution in [0.2, 0.25) is 0 Å². The second-order valence-electron chi connectivity index (χ2n) is 10.3. The zero-order chi connectivity index (χ0) is 27.2. The zero-order valence-electron chi connectivity index (χ0n) is 22.6. The second kappa shape index (κ2) is 9.54. The van der Waals surface area contributed by atoms with E-state index in [4.69, 9.17) is 15.0 Å². The highest BCUT2D eigenvalue weighted by atomic mass is 15.1. The van der Waals surface area contributed by atoms with Crippen molar-refractivity contribution in [3.05, 3.63) is 126 Å². The molecule has 0 spiro atoms. The maximum atomic E-state index is 5.02. The lowest BCUT2D eigenvalue weighted by Gasteiger charge is -2.12. The molecule has 40 heavy (non-hydrogen) atoms. The topological polar surface area (TPSA) is 56.5 Å². The van der Waals surface area contributed by atoms with Crippen LogP contribution in [0.25, 0.3) is 61.8 Å². The predicted octanol–water partition coefficient (Wildman–Crippen LogP) is 8.29. The van der Waals surface area contributed by atoms with Gasteiger partial charge in [-0.2, -0.15) is 0 Å². The summed E-state index contributed by atoms with van der Waals surface area (Å²) in [7, 11) is 0. The van der Waals surface area contributed by atoms with Crippen LogP contribution in [0.1, 0.15) is 16.7 Å². The van der Waals surface area contributed by atoms with Gasteiger partial charge in [-0.3, -0.25) is 4.57 Å². The zero-order valence-corrected chi connectivity index (χ0v) is 22.6. The quantitative estimate of drug-likeness (QED) is 0.236. The summed E-state index contributed by atoms with van der Waals surface area (Å²) in [6.45, 7) is 6.29. The van der Waals surface area contributed by atoms with Gasteiger partial charge in [-0.05, 0) is 56.7 Å². The molecule has 0 aliphatic heterocycles. The number of hydrogen-bond acceptors (Lipinski definition) is 4. The lowest BCUT2D eigenvalue weighted by Crippen LogP contribution is -2.01. The van der Waals surface area contributed by atoms with Gasteiger partial charge in [0.2, 0.25) is 0 Å². The van der Waals surface area contributed by atoms with Crippen molar-refractivity contribution in [2.24, 2.45) is 0 Å². The first-order chi connectivity index (χ1) is 19.5. The maximum absolute atomic E-state index is 5.02.